The number of thioether (sulfide) groups is 1. The van der Waals surface area contributed by atoms with Crippen molar-refractivity contribution in [2.24, 2.45) is 5.92 Å². The second-order valence-corrected chi connectivity index (χ2v) is 8.64. The monoisotopic (exact) mass is 406 g/mol. The highest BCUT2D eigenvalue weighted by molar-refractivity contribution is 7.98. The van der Waals surface area contributed by atoms with E-state index in [0.717, 1.165) is 41.7 Å². The average molecular weight is 407 g/mol. The molecule has 0 saturated heterocycles. The largest absolute Gasteiger partial charge is 0.349 e. The van der Waals surface area contributed by atoms with Gasteiger partial charge in [0.25, 0.3) is 0 Å². The molecule has 5 nitrogen and oxygen atoms in total. The summed E-state index contributed by atoms with van der Waals surface area (Å²) in [6, 6.07) is 16.8. The first kappa shape index (κ1) is 19.7. The molecule has 1 aliphatic carbocycles. The van der Waals surface area contributed by atoms with Gasteiger partial charge >= 0.3 is 0 Å². The number of amides is 1. The Labute approximate surface area is 175 Å². The lowest BCUT2D eigenvalue weighted by Gasteiger charge is -2.24. The Balaban J connectivity index is 1.55. The molecule has 3 aromatic rings. The minimum absolute atomic E-state index is 0.128. The zero-order valence-corrected chi connectivity index (χ0v) is 17.7. The molecule has 1 amide bonds. The highest BCUT2D eigenvalue weighted by atomic mass is 32.2. The summed E-state index contributed by atoms with van der Waals surface area (Å²) in [7, 11) is 0. The summed E-state index contributed by atoms with van der Waals surface area (Å²) < 4.78 is 2.06. The van der Waals surface area contributed by atoms with Crippen LogP contribution < -0.4 is 5.32 Å². The number of hydrogen-bond donors (Lipinski definition) is 1. The van der Waals surface area contributed by atoms with Crippen LogP contribution in [0.1, 0.15) is 41.8 Å². The molecule has 29 heavy (non-hydrogen) atoms. The van der Waals surface area contributed by atoms with E-state index in [1.807, 2.05) is 0 Å². The first-order valence-corrected chi connectivity index (χ1v) is 11.1. The summed E-state index contributed by atoms with van der Waals surface area (Å²) >= 11 is 1.66. The molecule has 0 spiro atoms. The van der Waals surface area contributed by atoms with E-state index in [2.05, 4.69) is 82.5 Å². The van der Waals surface area contributed by atoms with E-state index < -0.39 is 0 Å². The number of carbonyl (C=O) groups is 1. The van der Waals surface area contributed by atoms with Crippen LogP contribution in [0.4, 0.5) is 0 Å². The van der Waals surface area contributed by atoms with E-state index in [1.165, 1.54) is 16.7 Å². The maximum atomic E-state index is 12.3. The van der Waals surface area contributed by atoms with Crippen molar-refractivity contribution in [3.05, 3.63) is 71.0 Å². The van der Waals surface area contributed by atoms with Crippen LogP contribution in [0.3, 0.4) is 0 Å². The smallest absolute Gasteiger partial charge is 0.223 e. The molecule has 2 aromatic carbocycles. The third kappa shape index (κ3) is 4.70. The highest BCUT2D eigenvalue weighted by Gasteiger charge is 2.25. The van der Waals surface area contributed by atoms with Crippen molar-refractivity contribution in [2.75, 3.05) is 0 Å². The number of hydrogen-bond acceptors (Lipinski definition) is 4. The first-order chi connectivity index (χ1) is 14.1. The number of rotatable bonds is 7. The van der Waals surface area contributed by atoms with Gasteiger partial charge in [-0.2, -0.15) is 0 Å². The summed E-state index contributed by atoms with van der Waals surface area (Å²) in [4.78, 5) is 12.3. The van der Waals surface area contributed by atoms with E-state index in [4.69, 9.17) is 0 Å². The number of nitrogens with zero attached hydrogens (tertiary/aromatic N) is 3. The van der Waals surface area contributed by atoms with Gasteiger partial charge in [-0.1, -0.05) is 65.7 Å². The first-order valence-electron chi connectivity index (χ1n) is 10.1. The van der Waals surface area contributed by atoms with E-state index in [1.54, 1.807) is 11.8 Å². The fourth-order valence-electron chi connectivity index (χ4n) is 3.39. The predicted octanol–water partition coefficient (Wildman–Crippen LogP) is 4.59. The fraction of sp³-hybridized carbons (Fsp3) is 0.348. The molecule has 0 atom stereocenters. The van der Waals surface area contributed by atoms with E-state index in [0.29, 0.717) is 6.54 Å². The van der Waals surface area contributed by atoms with Gasteiger partial charge in [-0.15, -0.1) is 10.2 Å². The van der Waals surface area contributed by atoms with Crippen molar-refractivity contribution in [1.29, 1.82) is 0 Å². The molecule has 1 aliphatic rings. The zero-order chi connectivity index (χ0) is 20.2. The van der Waals surface area contributed by atoms with Gasteiger partial charge in [0.05, 0.1) is 6.54 Å². The van der Waals surface area contributed by atoms with Gasteiger partial charge in [0.1, 0.15) is 0 Å². The summed E-state index contributed by atoms with van der Waals surface area (Å²) in [6.45, 7) is 4.57. The number of nitrogens with one attached hydrogen (secondary N) is 1. The zero-order valence-electron chi connectivity index (χ0n) is 16.9. The van der Waals surface area contributed by atoms with Crippen molar-refractivity contribution in [3.63, 3.8) is 0 Å². The van der Waals surface area contributed by atoms with Crippen molar-refractivity contribution < 1.29 is 4.79 Å². The van der Waals surface area contributed by atoms with Gasteiger partial charge in [0.2, 0.25) is 5.91 Å². The van der Waals surface area contributed by atoms with Crippen LogP contribution in [-0.4, -0.2) is 20.7 Å². The number of benzene rings is 2. The van der Waals surface area contributed by atoms with Gasteiger partial charge in [0.15, 0.2) is 11.0 Å². The van der Waals surface area contributed by atoms with Crippen LogP contribution in [0.2, 0.25) is 0 Å². The molecule has 6 heteroatoms. The maximum absolute atomic E-state index is 12.3. The molecular formula is C23H26N4OS. The highest BCUT2D eigenvalue weighted by Crippen LogP contribution is 2.27. The Bertz CT molecular complexity index is 992. The number of carbonyl (C=O) groups excluding carboxylic acids is 1. The second-order valence-electron chi connectivity index (χ2n) is 7.69. The van der Waals surface area contributed by atoms with Crippen molar-refractivity contribution in [3.8, 4) is 5.69 Å². The Morgan fingerprint density at radius 1 is 1.10 bits per heavy atom. The summed E-state index contributed by atoms with van der Waals surface area (Å²) in [5.41, 5.74) is 4.73. The van der Waals surface area contributed by atoms with Crippen molar-refractivity contribution in [2.45, 2.75) is 50.6 Å². The fourth-order valence-corrected chi connectivity index (χ4v) is 4.31. The third-order valence-corrected chi connectivity index (χ3v) is 6.34. The van der Waals surface area contributed by atoms with Crippen molar-refractivity contribution >= 4 is 17.7 Å². The van der Waals surface area contributed by atoms with Crippen LogP contribution >= 0.6 is 11.8 Å². The Hall–Kier alpha value is -2.60. The van der Waals surface area contributed by atoms with Crippen LogP contribution in [-0.2, 0) is 17.1 Å². The molecule has 1 saturated carbocycles. The maximum Gasteiger partial charge on any atom is 0.223 e. The lowest BCUT2D eigenvalue weighted by atomic mass is 9.85. The lowest BCUT2D eigenvalue weighted by Crippen LogP contribution is -2.34. The average Bonchev–Trinajstić information content (AvgIpc) is 3.07. The molecule has 4 rings (SSSR count). The Morgan fingerprint density at radius 3 is 2.59 bits per heavy atom. The minimum atomic E-state index is 0.128. The molecule has 1 heterocycles. The summed E-state index contributed by atoms with van der Waals surface area (Å²) in [6.07, 6.45) is 3.14. The van der Waals surface area contributed by atoms with Crippen LogP contribution in [0, 0.1) is 19.8 Å². The molecule has 150 valence electrons. The normalized spacial score (nSPS) is 13.9. The van der Waals surface area contributed by atoms with Crippen LogP contribution in [0.5, 0.6) is 0 Å². The van der Waals surface area contributed by atoms with Gasteiger partial charge in [-0.3, -0.25) is 9.36 Å². The molecular weight excluding hydrogens is 380 g/mol. The van der Waals surface area contributed by atoms with Gasteiger partial charge < -0.3 is 5.32 Å². The summed E-state index contributed by atoms with van der Waals surface area (Å²) in [5, 5.41) is 12.7. The van der Waals surface area contributed by atoms with Crippen LogP contribution in [0.15, 0.2) is 53.7 Å². The number of aromatic nitrogens is 3. The summed E-state index contributed by atoms with van der Waals surface area (Å²) in [5.74, 6) is 1.87. The third-order valence-electron chi connectivity index (χ3n) is 5.34. The minimum Gasteiger partial charge on any atom is -0.349 e. The Kier molecular flexibility index (Phi) is 6.00. The molecule has 0 aliphatic heterocycles. The molecule has 0 unspecified atom stereocenters. The van der Waals surface area contributed by atoms with E-state index in [-0.39, 0.29) is 11.8 Å². The van der Waals surface area contributed by atoms with Crippen LogP contribution in [0.25, 0.3) is 5.69 Å². The molecule has 1 N–H and O–H groups in total. The quantitative estimate of drug-likeness (QED) is 0.583. The standard InChI is InChI=1S/C23H26N4OS/c1-16-9-11-20(12-10-16)27-21(14-24-22(28)19-7-4-8-19)25-26-23(27)29-15-18-6-3-5-17(2)13-18/h3,5-6,9-13,19H,4,7-8,14-15H2,1-2H3,(H,24,28). The SMILES string of the molecule is Cc1ccc(-n2c(CNC(=O)C3CCC3)nnc2SCc2cccc(C)c2)cc1. The van der Waals surface area contributed by atoms with E-state index in [9.17, 15) is 4.79 Å². The molecule has 0 radical (unpaired) electrons. The van der Waals surface area contributed by atoms with Gasteiger partial charge in [0, 0.05) is 17.4 Å². The number of aryl methyl sites for hydroxylation is 2. The molecule has 1 fully saturated rings. The molecule has 0 bridgehead atoms. The molecule has 1 aromatic heterocycles. The Morgan fingerprint density at radius 2 is 1.90 bits per heavy atom. The topological polar surface area (TPSA) is 59.8 Å². The predicted molar refractivity (Wildman–Crippen MR) is 116 cm³/mol. The van der Waals surface area contributed by atoms with Gasteiger partial charge in [-0.05, 0) is 44.4 Å². The van der Waals surface area contributed by atoms with E-state index >= 15 is 0 Å². The van der Waals surface area contributed by atoms with Crippen molar-refractivity contribution in [1.82, 2.24) is 20.1 Å². The lowest BCUT2D eigenvalue weighted by molar-refractivity contribution is -0.127. The van der Waals surface area contributed by atoms with Gasteiger partial charge in [-0.25, -0.2) is 0 Å². The second kappa shape index (κ2) is 8.82.